The van der Waals surface area contributed by atoms with E-state index in [1.54, 1.807) is 10.5 Å². The molecule has 1 aliphatic heterocycles. The number of nitrogens with one attached hydrogen (secondary N) is 1. The van der Waals surface area contributed by atoms with Crippen LogP contribution in [0.5, 0.6) is 0 Å². The molecule has 0 bridgehead atoms. The SMILES string of the molecule is O=S(=O)(CCC1CC1)N1CCCC1c1ncc(-c2ccccc2)[nH]1. The molecule has 2 aliphatic rings. The fourth-order valence-electron chi connectivity index (χ4n) is 3.46. The summed E-state index contributed by atoms with van der Waals surface area (Å²) >= 11 is 0. The van der Waals surface area contributed by atoms with Gasteiger partial charge in [-0.3, -0.25) is 0 Å². The number of rotatable bonds is 6. The molecule has 1 saturated heterocycles. The molecule has 1 N–H and O–H groups in total. The molecule has 2 fully saturated rings. The summed E-state index contributed by atoms with van der Waals surface area (Å²) in [7, 11) is -3.19. The van der Waals surface area contributed by atoms with Crippen LogP contribution in [0, 0.1) is 5.92 Å². The summed E-state index contributed by atoms with van der Waals surface area (Å²) in [4.78, 5) is 7.82. The van der Waals surface area contributed by atoms with Crippen molar-refractivity contribution in [2.24, 2.45) is 5.92 Å². The second-order valence-corrected chi connectivity index (χ2v) is 8.91. The standard InChI is InChI=1S/C18H23N3O2S/c22-24(23,12-10-14-8-9-14)21-11-4-7-17(21)18-19-13-16(20-18)15-5-2-1-3-6-15/h1-3,5-6,13-14,17H,4,7-12H2,(H,19,20). The van der Waals surface area contributed by atoms with E-state index in [1.165, 1.54) is 12.8 Å². The van der Waals surface area contributed by atoms with E-state index in [9.17, 15) is 8.42 Å². The molecule has 6 heteroatoms. The van der Waals surface area contributed by atoms with Crippen LogP contribution in [0.4, 0.5) is 0 Å². The van der Waals surface area contributed by atoms with Crippen LogP contribution in [-0.2, 0) is 10.0 Å². The van der Waals surface area contributed by atoms with E-state index >= 15 is 0 Å². The monoisotopic (exact) mass is 345 g/mol. The number of H-pyrrole nitrogens is 1. The van der Waals surface area contributed by atoms with Crippen LogP contribution in [0.1, 0.15) is 44.0 Å². The van der Waals surface area contributed by atoms with E-state index in [0.717, 1.165) is 36.3 Å². The maximum absolute atomic E-state index is 12.7. The smallest absolute Gasteiger partial charge is 0.214 e. The van der Waals surface area contributed by atoms with Crippen molar-refractivity contribution in [3.63, 3.8) is 0 Å². The van der Waals surface area contributed by atoms with E-state index in [-0.39, 0.29) is 11.8 Å². The Bertz CT molecular complexity index is 797. The molecule has 24 heavy (non-hydrogen) atoms. The Kier molecular flexibility index (Phi) is 4.18. The van der Waals surface area contributed by atoms with Crippen LogP contribution < -0.4 is 0 Å². The van der Waals surface area contributed by atoms with Gasteiger partial charge in [0.25, 0.3) is 0 Å². The summed E-state index contributed by atoms with van der Waals surface area (Å²) < 4.78 is 27.1. The highest BCUT2D eigenvalue weighted by Gasteiger charge is 2.37. The van der Waals surface area contributed by atoms with Crippen molar-refractivity contribution in [3.8, 4) is 11.3 Å². The molecule has 0 amide bonds. The predicted molar refractivity (Wildman–Crippen MR) is 93.8 cm³/mol. The van der Waals surface area contributed by atoms with E-state index in [0.29, 0.717) is 12.5 Å². The lowest BCUT2D eigenvalue weighted by Gasteiger charge is -2.22. The Hall–Kier alpha value is -1.66. The summed E-state index contributed by atoms with van der Waals surface area (Å²) in [6.45, 7) is 0.610. The normalized spacial score (nSPS) is 22.1. The lowest BCUT2D eigenvalue weighted by atomic mass is 10.2. The first-order valence-corrected chi connectivity index (χ1v) is 10.3. The highest BCUT2D eigenvalue weighted by Crippen LogP contribution is 2.36. The van der Waals surface area contributed by atoms with Crippen LogP contribution in [0.25, 0.3) is 11.3 Å². The van der Waals surface area contributed by atoms with Crippen molar-refractivity contribution in [2.45, 2.75) is 38.1 Å². The number of aromatic amines is 1. The molecule has 5 nitrogen and oxygen atoms in total. The van der Waals surface area contributed by atoms with Gasteiger partial charge in [0, 0.05) is 6.54 Å². The van der Waals surface area contributed by atoms with Crippen LogP contribution in [0.15, 0.2) is 36.5 Å². The molecule has 1 aromatic heterocycles. The molecule has 4 rings (SSSR count). The van der Waals surface area contributed by atoms with Gasteiger partial charge >= 0.3 is 0 Å². The minimum Gasteiger partial charge on any atom is -0.341 e. The Labute approximate surface area is 143 Å². The molecular formula is C18H23N3O2S. The minimum atomic E-state index is -3.19. The van der Waals surface area contributed by atoms with E-state index in [1.807, 2.05) is 30.3 Å². The number of hydrogen-bond acceptors (Lipinski definition) is 3. The summed E-state index contributed by atoms with van der Waals surface area (Å²) in [6.07, 6.45) is 6.73. The van der Waals surface area contributed by atoms with Crippen molar-refractivity contribution in [1.29, 1.82) is 0 Å². The fourth-order valence-corrected chi connectivity index (χ4v) is 5.32. The zero-order valence-corrected chi connectivity index (χ0v) is 14.5. The Balaban J connectivity index is 1.53. The zero-order chi connectivity index (χ0) is 16.6. The van der Waals surface area contributed by atoms with Gasteiger partial charge in [0.1, 0.15) is 5.82 Å². The summed E-state index contributed by atoms with van der Waals surface area (Å²) in [6, 6.07) is 9.85. The van der Waals surface area contributed by atoms with E-state index < -0.39 is 10.0 Å². The average Bonchev–Trinajstić information content (AvgIpc) is 3.09. The van der Waals surface area contributed by atoms with Gasteiger partial charge in [-0.15, -0.1) is 0 Å². The van der Waals surface area contributed by atoms with Gasteiger partial charge in [-0.05, 0) is 30.7 Å². The van der Waals surface area contributed by atoms with Gasteiger partial charge in [-0.2, -0.15) is 4.31 Å². The van der Waals surface area contributed by atoms with Crippen molar-refractivity contribution in [1.82, 2.24) is 14.3 Å². The minimum absolute atomic E-state index is 0.147. The number of hydrogen-bond donors (Lipinski definition) is 1. The Morgan fingerprint density at radius 2 is 1.96 bits per heavy atom. The molecule has 0 spiro atoms. The summed E-state index contributed by atoms with van der Waals surface area (Å²) in [5, 5.41) is 0. The average molecular weight is 345 g/mol. The maximum atomic E-state index is 12.7. The fraction of sp³-hybridized carbons (Fsp3) is 0.500. The molecule has 1 aromatic carbocycles. The number of nitrogens with zero attached hydrogens (tertiary/aromatic N) is 2. The topological polar surface area (TPSA) is 66.1 Å². The van der Waals surface area contributed by atoms with Crippen LogP contribution in [0.3, 0.4) is 0 Å². The molecule has 128 valence electrons. The van der Waals surface area contributed by atoms with Crippen LogP contribution in [-0.4, -0.2) is 35.0 Å². The quantitative estimate of drug-likeness (QED) is 0.873. The highest BCUT2D eigenvalue weighted by atomic mass is 32.2. The Morgan fingerprint density at radius 3 is 2.71 bits per heavy atom. The van der Waals surface area contributed by atoms with Crippen LogP contribution in [0.2, 0.25) is 0 Å². The van der Waals surface area contributed by atoms with Gasteiger partial charge in [0.15, 0.2) is 0 Å². The molecule has 1 unspecified atom stereocenters. The highest BCUT2D eigenvalue weighted by molar-refractivity contribution is 7.89. The third kappa shape index (κ3) is 3.26. The lowest BCUT2D eigenvalue weighted by Crippen LogP contribution is -2.33. The Morgan fingerprint density at radius 1 is 1.17 bits per heavy atom. The number of imidazole rings is 1. The third-order valence-corrected chi connectivity index (χ3v) is 6.94. The van der Waals surface area contributed by atoms with Crippen LogP contribution >= 0.6 is 0 Å². The molecule has 1 saturated carbocycles. The first kappa shape index (κ1) is 15.8. The number of sulfonamides is 1. The van der Waals surface area contributed by atoms with E-state index in [4.69, 9.17) is 0 Å². The maximum Gasteiger partial charge on any atom is 0.214 e. The zero-order valence-electron chi connectivity index (χ0n) is 13.7. The first-order chi connectivity index (χ1) is 11.6. The molecule has 2 heterocycles. The van der Waals surface area contributed by atoms with Crippen molar-refractivity contribution in [3.05, 3.63) is 42.4 Å². The lowest BCUT2D eigenvalue weighted by molar-refractivity contribution is 0.384. The van der Waals surface area contributed by atoms with Crippen molar-refractivity contribution in [2.75, 3.05) is 12.3 Å². The molecule has 2 aromatic rings. The number of aromatic nitrogens is 2. The molecule has 1 atom stereocenters. The molecular weight excluding hydrogens is 322 g/mol. The van der Waals surface area contributed by atoms with E-state index in [2.05, 4.69) is 9.97 Å². The van der Waals surface area contributed by atoms with Gasteiger partial charge in [-0.25, -0.2) is 13.4 Å². The number of benzene rings is 1. The molecule has 1 aliphatic carbocycles. The summed E-state index contributed by atoms with van der Waals surface area (Å²) in [5.41, 5.74) is 2.00. The third-order valence-electron chi connectivity index (χ3n) is 5.04. The van der Waals surface area contributed by atoms with Crippen molar-refractivity contribution < 1.29 is 8.42 Å². The predicted octanol–water partition coefficient (Wildman–Crippen LogP) is 3.34. The molecule has 0 radical (unpaired) electrons. The second-order valence-electron chi connectivity index (χ2n) is 6.86. The first-order valence-electron chi connectivity index (χ1n) is 8.73. The van der Waals surface area contributed by atoms with Gasteiger partial charge in [0.05, 0.1) is 23.7 Å². The van der Waals surface area contributed by atoms with Gasteiger partial charge < -0.3 is 4.98 Å². The van der Waals surface area contributed by atoms with Crippen molar-refractivity contribution >= 4 is 10.0 Å². The largest absolute Gasteiger partial charge is 0.341 e. The van der Waals surface area contributed by atoms with Gasteiger partial charge in [-0.1, -0.05) is 43.2 Å². The second kappa shape index (κ2) is 6.33. The summed E-state index contributed by atoms with van der Waals surface area (Å²) in [5.74, 6) is 1.68. The van der Waals surface area contributed by atoms with Gasteiger partial charge in [0.2, 0.25) is 10.0 Å².